The minimum absolute atomic E-state index is 0.214. The first-order chi connectivity index (χ1) is 9.91. The third-order valence-corrected chi connectivity index (χ3v) is 3.70. The van der Waals surface area contributed by atoms with Crippen molar-refractivity contribution in [3.63, 3.8) is 0 Å². The first kappa shape index (κ1) is 15.8. The number of halogens is 1. The van der Waals surface area contributed by atoms with Gasteiger partial charge in [0.1, 0.15) is 6.61 Å². The van der Waals surface area contributed by atoms with E-state index in [0.717, 1.165) is 0 Å². The van der Waals surface area contributed by atoms with Crippen LogP contribution in [0.15, 0.2) is 24.3 Å². The lowest BCUT2D eigenvalue weighted by molar-refractivity contribution is -0.173. The number of ether oxygens (including phenoxy) is 1. The molecule has 1 fully saturated rings. The van der Waals surface area contributed by atoms with Gasteiger partial charge >= 0.3 is 5.97 Å². The SMILES string of the molecule is CC(C)CN1C(=O)COC(C(=O)O)C1c1ccccc1Cl. The lowest BCUT2D eigenvalue weighted by Gasteiger charge is -2.40. The molecule has 1 saturated heterocycles. The van der Waals surface area contributed by atoms with E-state index in [0.29, 0.717) is 17.1 Å². The van der Waals surface area contributed by atoms with Crippen LogP contribution in [0.25, 0.3) is 0 Å². The van der Waals surface area contributed by atoms with Crippen LogP contribution in [-0.4, -0.2) is 41.1 Å². The molecular formula is C15H18ClNO4. The van der Waals surface area contributed by atoms with Crippen molar-refractivity contribution in [1.82, 2.24) is 4.90 Å². The molecule has 6 heteroatoms. The monoisotopic (exact) mass is 311 g/mol. The van der Waals surface area contributed by atoms with Gasteiger partial charge in [0.05, 0.1) is 6.04 Å². The van der Waals surface area contributed by atoms with Crippen molar-refractivity contribution in [2.45, 2.75) is 26.0 Å². The maximum absolute atomic E-state index is 12.2. The zero-order chi connectivity index (χ0) is 15.6. The summed E-state index contributed by atoms with van der Waals surface area (Å²) >= 11 is 6.19. The van der Waals surface area contributed by atoms with Crippen LogP contribution in [-0.2, 0) is 14.3 Å². The summed E-state index contributed by atoms with van der Waals surface area (Å²) in [5.74, 6) is -1.10. The van der Waals surface area contributed by atoms with E-state index in [-0.39, 0.29) is 18.4 Å². The Morgan fingerprint density at radius 2 is 2.14 bits per heavy atom. The largest absolute Gasteiger partial charge is 0.479 e. The Balaban J connectivity index is 2.46. The molecule has 114 valence electrons. The van der Waals surface area contributed by atoms with Gasteiger partial charge < -0.3 is 14.7 Å². The van der Waals surface area contributed by atoms with E-state index >= 15 is 0 Å². The summed E-state index contributed by atoms with van der Waals surface area (Å²) in [4.78, 5) is 25.2. The third kappa shape index (κ3) is 3.36. The molecule has 1 aliphatic heterocycles. The van der Waals surface area contributed by atoms with Crippen molar-refractivity contribution in [2.75, 3.05) is 13.2 Å². The molecule has 0 bridgehead atoms. The smallest absolute Gasteiger partial charge is 0.335 e. The van der Waals surface area contributed by atoms with Crippen LogP contribution in [0.3, 0.4) is 0 Å². The minimum atomic E-state index is -1.11. The van der Waals surface area contributed by atoms with Gasteiger partial charge in [0.2, 0.25) is 5.91 Å². The van der Waals surface area contributed by atoms with Gasteiger partial charge in [-0.3, -0.25) is 4.79 Å². The molecule has 2 rings (SSSR count). The van der Waals surface area contributed by atoms with Gasteiger partial charge in [0, 0.05) is 11.6 Å². The third-order valence-electron chi connectivity index (χ3n) is 3.36. The number of carbonyl (C=O) groups is 2. The lowest BCUT2D eigenvalue weighted by atomic mass is 9.96. The summed E-state index contributed by atoms with van der Waals surface area (Å²) in [5.41, 5.74) is 0.597. The van der Waals surface area contributed by atoms with Crippen molar-refractivity contribution < 1.29 is 19.4 Å². The van der Waals surface area contributed by atoms with Crippen molar-refractivity contribution in [1.29, 1.82) is 0 Å². The van der Waals surface area contributed by atoms with Crippen molar-refractivity contribution in [3.8, 4) is 0 Å². The molecule has 1 heterocycles. The fourth-order valence-corrected chi connectivity index (χ4v) is 2.76. The number of carboxylic acid groups (broad SMARTS) is 1. The molecule has 2 unspecified atom stereocenters. The number of hydrogen-bond acceptors (Lipinski definition) is 3. The molecule has 2 atom stereocenters. The molecule has 1 aliphatic rings. The molecule has 0 aliphatic carbocycles. The molecule has 1 aromatic carbocycles. The minimum Gasteiger partial charge on any atom is -0.479 e. The van der Waals surface area contributed by atoms with Crippen LogP contribution in [0.1, 0.15) is 25.5 Å². The van der Waals surface area contributed by atoms with E-state index in [1.165, 1.54) is 0 Å². The summed E-state index contributed by atoms with van der Waals surface area (Å²) < 4.78 is 5.24. The van der Waals surface area contributed by atoms with Crippen LogP contribution in [0.5, 0.6) is 0 Å². The van der Waals surface area contributed by atoms with Crippen LogP contribution in [0.2, 0.25) is 5.02 Å². The Kier molecular flexibility index (Phi) is 4.85. The van der Waals surface area contributed by atoms with Crippen LogP contribution >= 0.6 is 11.6 Å². The number of carboxylic acids is 1. The van der Waals surface area contributed by atoms with E-state index in [1.807, 2.05) is 13.8 Å². The van der Waals surface area contributed by atoms with Crippen molar-refractivity contribution in [2.24, 2.45) is 5.92 Å². The zero-order valence-corrected chi connectivity index (χ0v) is 12.7. The highest BCUT2D eigenvalue weighted by Crippen LogP contribution is 2.34. The fraction of sp³-hybridized carbons (Fsp3) is 0.467. The quantitative estimate of drug-likeness (QED) is 0.927. The van der Waals surface area contributed by atoms with Gasteiger partial charge in [-0.25, -0.2) is 4.79 Å². The number of aliphatic carboxylic acids is 1. The van der Waals surface area contributed by atoms with Gasteiger partial charge in [0.25, 0.3) is 0 Å². The highest BCUT2D eigenvalue weighted by atomic mass is 35.5. The Hall–Kier alpha value is -1.59. The van der Waals surface area contributed by atoms with Crippen LogP contribution in [0.4, 0.5) is 0 Å². The van der Waals surface area contributed by atoms with E-state index in [1.54, 1.807) is 29.2 Å². The number of benzene rings is 1. The number of nitrogens with zero attached hydrogens (tertiary/aromatic N) is 1. The van der Waals surface area contributed by atoms with Gasteiger partial charge in [0.15, 0.2) is 6.10 Å². The summed E-state index contributed by atoms with van der Waals surface area (Å²) in [7, 11) is 0. The zero-order valence-electron chi connectivity index (χ0n) is 12.0. The van der Waals surface area contributed by atoms with Gasteiger partial charge in [-0.2, -0.15) is 0 Å². The Morgan fingerprint density at radius 3 is 2.71 bits per heavy atom. The van der Waals surface area contributed by atoms with Gasteiger partial charge in [-0.1, -0.05) is 43.6 Å². The summed E-state index contributed by atoms with van der Waals surface area (Å²) in [6, 6.07) is 6.24. The molecule has 1 N–H and O–H groups in total. The van der Waals surface area contributed by atoms with Crippen LogP contribution in [0, 0.1) is 5.92 Å². The highest BCUT2D eigenvalue weighted by molar-refractivity contribution is 6.31. The Morgan fingerprint density at radius 1 is 1.48 bits per heavy atom. The molecule has 21 heavy (non-hydrogen) atoms. The molecule has 0 radical (unpaired) electrons. The van der Waals surface area contributed by atoms with Crippen LogP contribution < -0.4 is 0 Å². The molecule has 1 amide bonds. The summed E-state index contributed by atoms with van der Waals surface area (Å²) in [6.07, 6.45) is -1.11. The van der Waals surface area contributed by atoms with Gasteiger partial charge in [-0.15, -0.1) is 0 Å². The van der Waals surface area contributed by atoms with Crippen molar-refractivity contribution >= 4 is 23.5 Å². The number of rotatable bonds is 4. The molecule has 1 aromatic rings. The lowest BCUT2D eigenvalue weighted by Crippen LogP contribution is -2.52. The van der Waals surface area contributed by atoms with E-state index < -0.39 is 18.1 Å². The molecule has 5 nitrogen and oxygen atoms in total. The molecule has 0 spiro atoms. The molecular weight excluding hydrogens is 294 g/mol. The van der Waals surface area contributed by atoms with Gasteiger partial charge in [-0.05, 0) is 17.5 Å². The average molecular weight is 312 g/mol. The summed E-state index contributed by atoms with van der Waals surface area (Å²) in [6.45, 7) is 4.19. The first-order valence-corrected chi connectivity index (χ1v) is 7.18. The summed E-state index contributed by atoms with van der Waals surface area (Å²) in [5, 5.41) is 9.82. The predicted molar refractivity (Wildman–Crippen MR) is 78.1 cm³/mol. The Bertz CT molecular complexity index is 546. The maximum atomic E-state index is 12.2. The van der Waals surface area contributed by atoms with E-state index in [2.05, 4.69) is 0 Å². The Labute approximate surface area is 128 Å². The first-order valence-electron chi connectivity index (χ1n) is 6.80. The predicted octanol–water partition coefficient (Wildman–Crippen LogP) is 2.35. The second-order valence-corrected chi connectivity index (χ2v) is 5.88. The maximum Gasteiger partial charge on any atom is 0.335 e. The fourth-order valence-electron chi connectivity index (χ4n) is 2.51. The van der Waals surface area contributed by atoms with Crippen molar-refractivity contribution in [3.05, 3.63) is 34.9 Å². The normalized spacial score (nSPS) is 22.7. The topological polar surface area (TPSA) is 66.8 Å². The average Bonchev–Trinajstić information content (AvgIpc) is 2.41. The number of morpholine rings is 1. The second kappa shape index (κ2) is 6.45. The molecule has 0 saturated carbocycles. The number of hydrogen-bond donors (Lipinski definition) is 1. The standard InChI is InChI=1S/C15H18ClNO4/c1-9(2)7-17-12(18)8-21-14(15(19)20)13(17)10-5-3-4-6-11(10)16/h3-6,9,13-14H,7-8H2,1-2H3,(H,19,20). The molecule has 0 aromatic heterocycles. The highest BCUT2D eigenvalue weighted by Gasteiger charge is 2.42. The number of amides is 1. The van der Waals surface area contributed by atoms with E-state index in [9.17, 15) is 14.7 Å². The number of carbonyl (C=O) groups excluding carboxylic acids is 1. The second-order valence-electron chi connectivity index (χ2n) is 5.48. The van der Waals surface area contributed by atoms with E-state index in [4.69, 9.17) is 16.3 Å².